The largest absolute Gasteiger partial charge is 0.348 e. The predicted molar refractivity (Wildman–Crippen MR) is 118 cm³/mol. The summed E-state index contributed by atoms with van der Waals surface area (Å²) in [6, 6.07) is 10.1. The summed E-state index contributed by atoms with van der Waals surface area (Å²) in [5.41, 5.74) is 2.06. The van der Waals surface area contributed by atoms with E-state index in [0.29, 0.717) is 25.9 Å². The lowest BCUT2D eigenvalue weighted by Gasteiger charge is -2.36. The highest BCUT2D eigenvalue weighted by Crippen LogP contribution is 2.36. The van der Waals surface area contributed by atoms with Crippen LogP contribution in [0.3, 0.4) is 0 Å². The molecule has 2 aliphatic rings. The molecule has 2 unspecified atom stereocenters. The van der Waals surface area contributed by atoms with Crippen molar-refractivity contribution in [2.24, 2.45) is 0 Å². The zero-order valence-corrected chi connectivity index (χ0v) is 18.1. The zero-order chi connectivity index (χ0) is 19.8. The van der Waals surface area contributed by atoms with Gasteiger partial charge in [0.05, 0.1) is 15.8 Å². The molecule has 4 rings (SSSR count). The van der Waals surface area contributed by atoms with Crippen molar-refractivity contribution in [3.63, 3.8) is 0 Å². The number of allylic oxidation sites excluding steroid dienone is 3. The second-order valence-electron chi connectivity index (χ2n) is 7.47. The maximum absolute atomic E-state index is 13.2. The Kier molecular flexibility index (Phi) is 5.38. The van der Waals surface area contributed by atoms with Gasteiger partial charge in [-0.25, -0.2) is 13.4 Å². The zero-order valence-electron chi connectivity index (χ0n) is 15.7. The van der Waals surface area contributed by atoms with Gasteiger partial charge in [-0.05, 0) is 19.8 Å². The van der Waals surface area contributed by atoms with E-state index in [1.165, 1.54) is 0 Å². The van der Waals surface area contributed by atoms with E-state index in [0.717, 1.165) is 16.4 Å². The highest BCUT2D eigenvalue weighted by Gasteiger charge is 2.44. The second kappa shape index (κ2) is 7.65. The van der Waals surface area contributed by atoms with Crippen molar-refractivity contribution in [3.8, 4) is 11.3 Å². The van der Waals surface area contributed by atoms with Gasteiger partial charge in [0, 0.05) is 24.0 Å². The number of alkyl halides is 1. The number of sulfone groups is 1. The summed E-state index contributed by atoms with van der Waals surface area (Å²) in [5, 5.41) is 1.98. The number of aromatic nitrogens is 1. The Morgan fingerprint density at radius 1 is 1.18 bits per heavy atom. The van der Waals surface area contributed by atoms with Crippen molar-refractivity contribution < 1.29 is 8.42 Å². The van der Waals surface area contributed by atoms with E-state index in [-0.39, 0.29) is 5.25 Å². The van der Waals surface area contributed by atoms with Crippen LogP contribution in [-0.2, 0) is 9.84 Å². The van der Waals surface area contributed by atoms with E-state index >= 15 is 0 Å². The average molecular weight is 435 g/mol. The molecule has 4 nitrogen and oxygen atoms in total. The van der Waals surface area contributed by atoms with E-state index in [2.05, 4.69) is 10.3 Å². The SMILES string of the molecule is CC1(Cl)C=CC=CC1S(=O)(=O)C1CCN(c2nc(-c3ccccc3)cs2)CC1. The van der Waals surface area contributed by atoms with Crippen LogP contribution in [0.5, 0.6) is 0 Å². The molecule has 7 heteroatoms. The molecule has 1 aromatic heterocycles. The highest BCUT2D eigenvalue weighted by molar-refractivity contribution is 7.93. The van der Waals surface area contributed by atoms with Crippen LogP contribution in [0.15, 0.2) is 60.0 Å². The van der Waals surface area contributed by atoms with Crippen molar-refractivity contribution in [2.75, 3.05) is 18.0 Å². The standard InChI is InChI=1S/C21H23ClN2O2S2/c1-21(22)12-6-5-9-19(21)28(25,26)17-10-13-24(14-11-17)20-23-18(15-27-20)16-7-3-2-4-8-16/h2-9,12,15,17,19H,10-11,13-14H2,1H3. The Balaban J connectivity index is 1.44. The highest BCUT2D eigenvalue weighted by atomic mass is 35.5. The van der Waals surface area contributed by atoms with Gasteiger partial charge in [-0.1, -0.05) is 54.6 Å². The minimum absolute atomic E-state index is 0.364. The third-order valence-electron chi connectivity index (χ3n) is 5.47. The van der Waals surface area contributed by atoms with Crippen LogP contribution in [0.4, 0.5) is 5.13 Å². The van der Waals surface area contributed by atoms with Crippen molar-refractivity contribution in [2.45, 2.75) is 35.1 Å². The summed E-state index contributed by atoms with van der Waals surface area (Å²) < 4.78 is 26.4. The molecule has 148 valence electrons. The van der Waals surface area contributed by atoms with E-state index in [4.69, 9.17) is 16.6 Å². The number of thiazole rings is 1. The lowest BCUT2D eigenvalue weighted by Crippen LogP contribution is -2.47. The fourth-order valence-corrected chi connectivity index (χ4v) is 7.58. The Morgan fingerprint density at radius 3 is 2.57 bits per heavy atom. The molecule has 0 saturated carbocycles. The van der Waals surface area contributed by atoms with Gasteiger partial charge in [0.2, 0.25) is 0 Å². The summed E-state index contributed by atoms with van der Waals surface area (Å²) >= 11 is 8.10. The van der Waals surface area contributed by atoms with Gasteiger partial charge in [-0.3, -0.25) is 0 Å². The average Bonchev–Trinajstić information content (AvgIpc) is 3.18. The predicted octanol–water partition coefficient (Wildman–Crippen LogP) is 4.69. The topological polar surface area (TPSA) is 50.3 Å². The van der Waals surface area contributed by atoms with Crippen molar-refractivity contribution >= 4 is 37.9 Å². The van der Waals surface area contributed by atoms with Gasteiger partial charge in [-0.15, -0.1) is 22.9 Å². The second-order valence-corrected chi connectivity index (χ2v) is 11.5. The number of benzene rings is 1. The Bertz CT molecular complexity index is 988. The molecule has 1 saturated heterocycles. The molecule has 0 radical (unpaired) electrons. The molecular formula is C21H23ClN2O2S2. The molecule has 1 aliphatic carbocycles. The molecule has 0 N–H and O–H groups in total. The molecule has 0 amide bonds. The smallest absolute Gasteiger partial charge is 0.185 e. The number of rotatable bonds is 4. The maximum atomic E-state index is 13.2. The van der Waals surface area contributed by atoms with Crippen LogP contribution in [0.2, 0.25) is 0 Å². The van der Waals surface area contributed by atoms with Gasteiger partial charge in [0.1, 0.15) is 5.25 Å². The number of hydrogen-bond donors (Lipinski definition) is 0. The Morgan fingerprint density at radius 2 is 1.89 bits per heavy atom. The first-order valence-electron chi connectivity index (χ1n) is 9.41. The summed E-state index contributed by atoms with van der Waals surface area (Å²) in [4.78, 5) is 6.07. The Hall–Kier alpha value is -1.63. The normalized spacial score (nSPS) is 25.9. The Labute approximate surface area is 175 Å². The minimum Gasteiger partial charge on any atom is -0.348 e. The first kappa shape index (κ1) is 19.7. The molecule has 2 aromatic rings. The number of nitrogens with zero attached hydrogens (tertiary/aromatic N) is 2. The third kappa shape index (κ3) is 3.78. The number of hydrogen-bond acceptors (Lipinski definition) is 5. The fourth-order valence-electron chi connectivity index (χ4n) is 3.86. The quantitative estimate of drug-likeness (QED) is 0.655. The van der Waals surface area contributed by atoms with E-state index in [9.17, 15) is 8.42 Å². The first-order chi connectivity index (χ1) is 13.4. The van der Waals surface area contributed by atoms with Crippen LogP contribution < -0.4 is 4.90 Å². The van der Waals surface area contributed by atoms with Crippen LogP contribution in [-0.4, -0.2) is 41.9 Å². The molecule has 2 heterocycles. The first-order valence-corrected chi connectivity index (χ1v) is 12.3. The van der Waals surface area contributed by atoms with Crippen molar-refractivity contribution in [1.29, 1.82) is 0 Å². The van der Waals surface area contributed by atoms with Gasteiger partial charge in [0.15, 0.2) is 15.0 Å². The van der Waals surface area contributed by atoms with E-state index < -0.39 is 20.0 Å². The van der Waals surface area contributed by atoms with Crippen LogP contribution >= 0.6 is 22.9 Å². The molecular weight excluding hydrogens is 412 g/mol. The molecule has 0 bridgehead atoms. The van der Waals surface area contributed by atoms with Gasteiger partial charge >= 0.3 is 0 Å². The van der Waals surface area contributed by atoms with Crippen LogP contribution in [0, 0.1) is 0 Å². The lowest BCUT2D eigenvalue weighted by molar-refractivity contribution is 0.518. The number of halogens is 1. The van der Waals surface area contributed by atoms with Gasteiger partial charge in [-0.2, -0.15) is 0 Å². The summed E-state index contributed by atoms with van der Waals surface area (Å²) in [7, 11) is -3.35. The molecule has 0 spiro atoms. The minimum atomic E-state index is -3.35. The maximum Gasteiger partial charge on any atom is 0.185 e. The van der Waals surface area contributed by atoms with Crippen LogP contribution in [0.1, 0.15) is 19.8 Å². The molecule has 1 aromatic carbocycles. The van der Waals surface area contributed by atoms with Gasteiger partial charge in [0.25, 0.3) is 0 Å². The van der Waals surface area contributed by atoms with E-state index in [1.807, 2.05) is 36.4 Å². The lowest BCUT2D eigenvalue weighted by atomic mass is 10.0. The van der Waals surface area contributed by atoms with Crippen LogP contribution in [0.25, 0.3) is 11.3 Å². The number of anilines is 1. The molecule has 1 fully saturated rings. The van der Waals surface area contributed by atoms with Gasteiger partial charge < -0.3 is 4.90 Å². The fraction of sp³-hybridized carbons (Fsp3) is 0.381. The molecule has 1 aliphatic heterocycles. The third-order valence-corrected chi connectivity index (χ3v) is 9.62. The summed E-state index contributed by atoms with van der Waals surface area (Å²) in [5.74, 6) is 0. The van der Waals surface area contributed by atoms with Crippen molar-refractivity contribution in [1.82, 2.24) is 4.98 Å². The monoisotopic (exact) mass is 434 g/mol. The summed E-state index contributed by atoms with van der Waals surface area (Å²) in [6.45, 7) is 3.15. The number of piperidine rings is 1. The molecule has 28 heavy (non-hydrogen) atoms. The van der Waals surface area contributed by atoms with Crippen molar-refractivity contribution in [3.05, 3.63) is 60.0 Å². The summed E-state index contributed by atoms with van der Waals surface area (Å²) in [6.07, 6.45) is 8.29. The van der Waals surface area contributed by atoms with E-state index in [1.54, 1.807) is 36.5 Å². The molecule has 2 atom stereocenters.